The quantitative estimate of drug-likeness (QED) is 0.432. The predicted molar refractivity (Wildman–Crippen MR) is 135 cm³/mol. The SMILES string of the molecule is C=C1C(OCC(F)(F)F)=NC2=C1CCN(CCC1CCC(C=NC(=O)Cc3ncc(C)s3)CC1)CC2. The van der Waals surface area contributed by atoms with Gasteiger partial charge in [0.15, 0.2) is 6.61 Å². The molecule has 4 rings (SSSR count). The Balaban J connectivity index is 1.15. The number of carbonyl (C=O) groups is 1. The summed E-state index contributed by atoms with van der Waals surface area (Å²) in [5.74, 6) is 0.929. The van der Waals surface area contributed by atoms with E-state index in [1.165, 1.54) is 11.3 Å². The van der Waals surface area contributed by atoms with Crippen molar-refractivity contribution in [2.75, 3.05) is 26.2 Å². The number of aliphatic imine (C=N–C) groups is 2. The minimum absolute atomic E-state index is 0.0195. The number of ether oxygens (including phenoxy) is 1. The number of carbonyl (C=O) groups excluding carboxylic acids is 1. The van der Waals surface area contributed by atoms with Gasteiger partial charge in [-0.1, -0.05) is 6.58 Å². The molecule has 36 heavy (non-hydrogen) atoms. The number of thiazole rings is 1. The Bertz CT molecular complexity index is 1050. The molecule has 0 N–H and O–H groups in total. The van der Waals surface area contributed by atoms with Crippen molar-refractivity contribution in [3.8, 4) is 0 Å². The first-order valence-electron chi connectivity index (χ1n) is 12.6. The van der Waals surface area contributed by atoms with E-state index in [0.717, 1.165) is 79.3 Å². The lowest BCUT2D eigenvalue weighted by Crippen LogP contribution is -2.29. The molecule has 1 aromatic rings. The summed E-state index contributed by atoms with van der Waals surface area (Å²) in [5.41, 5.74) is 2.25. The van der Waals surface area contributed by atoms with Crippen molar-refractivity contribution in [2.45, 2.75) is 64.5 Å². The summed E-state index contributed by atoms with van der Waals surface area (Å²) in [6.45, 7) is 7.26. The fourth-order valence-electron chi connectivity index (χ4n) is 5.04. The summed E-state index contributed by atoms with van der Waals surface area (Å²) in [4.78, 5) is 28.3. The van der Waals surface area contributed by atoms with Crippen LogP contribution in [0.4, 0.5) is 13.2 Å². The van der Waals surface area contributed by atoms with E-state index in [9.17, 15) is 18.0 Å². The number of nitrogens with zero attached hydrogens (tertiary/aromatic N) is 4. The first-order valence-corrected chi connectivity index (χ1v) is 13.4. The van der Waals surface area contributed by atoms with Gasteiger partial charge in [0.1, 0.15) is 5.01 Å². The zero-order valence-corrected chi connectivity index (χ0v) is 21.5. The molecule has 1 aromatic heterocycles. The molecule has 1 aliphatic carbocycles. The van der Waals surface area contributed by atoms with Gasteiger partial charge in [-0.25, -0.2) is 15.0 Å². The van der Waals surface area contributed by atoms with E-state index in [0.29, 0.717) is 23.8 Å². The number of aryl methyl sites for hydroxylation is 1. The number of aromatic nitrogens is 1. The molecule has 1 fully saturated rings. The highest BCUT2D eigenvalue weighted by Crippen LogP contribution is 2.34. The van der Waals surface area contributed by atoms with Crippen LogP contribution < -0.4 is 0 Å². The van der Waals surface area contributed by atoms with E-state index < -0.39 is 12.8 Å². The summed E-state index contributed by atoms with van der Waals surface area (Å²) >= 11 is 1.54. The number of rotatable bonds is 7. The largest absolute Gasteiger partial charge is 0.468 e. The standard InChI is InChI=1S/C26H33F3N4O2S/c1-17-14-31-24(36-17)13-23(34)30-15-20-5-3-19(4-6-20)7-10-33-11-8-21-18(2)25(32-22(21)9-12-33)35-16-26(27,28)29/h14-15,19-20H,2-13,16H2,1H3. The zero-order chi connectivity index (χ0) is 25.7. The second-order valence-electron chi connectivity index (χ2n) is 9.85. The molecule has 3 aliphatic rings. The van der Waals surface area contributed by atoms with Gasteiger partial charge in [0.2, 0.25) is 5.90 Å². The number of alkyl halides is 3. The van der Waals surface area contributed by atoms with E-state index in [2.05, 4.69) is 26.4 Å². The van der Waals surface area contributed by atoms with Gasteiger partial charge in [0.05, 0.1) is 6.42 Å². The van der Waals surface area contributed by atoms with E-state index in [-0.39, 0.29) is 18.2 Å². The molecule has 3 heterocycles. The molecule has 0 radical (unpaired) electrons. The Labute approximate surface area is 214 Å². The molecule has 0 spiro atoms. The molecular weight excluding hydrogens is 489 g/mol. The second kappa shape index (κ2) is 11.8. The average Bonchev–Trinajstić information content (AvgIpc) is 3.30. The lowest BCUT2D eigenvalue weighted by Gasteiger charge is -2.29. The highest BCUT2D eigenvalue weighted by Gasteiger charge is 2.32. The molecule has 1 amide bonds. The molecule has 196 valence electrons. The van der Waals surface area contributed by atoms with Crippen molar-refractivity contribution in [1.82, 2.24) is 9.88 Å². The van der Waals surface area contributed by atoms with Crippen molar-refractivity contribution < 1.29 is 22.7 Å². The van der Waals surface area contributed by atoms with Gasteiger partial charge in [-0.2, -0.15) is 13.2 Å². The molecular formula is C26H33F3N4O2S. The van der Waals surface area contributed by atoms with Crippen LogP contribution in [0, 0.1) is 18.8 Å². The first kappa shape index (κ1) is 26.7. The van der Waals surface area contributed by atoms with Crippen LogP contribution in [0.2, 0.25) is 0 Å². The van der Waals surface area contributed by atoms with E-state index in [1.54, 1.807) is 6.20 Å². The fourth-order valence-corrected chi connectivity index (χ4v) is 5.82. The van der Waals surface area contributed by atoms with E-state index in [4.69, 9.17) is 4.74 Å². The molecule has 0 unspecified atom stereocenters. The molecule has 0 aromatic carbocycles. The number of amides is 1. The summed E-state index contributed by atoms with van der Waals surface area (Å²) < 4.78 is 42.3. The van der Waals surface area contributed by atoms with Gasteiger partial charge >= 0.3 is 6.18 Å². The summed E-state index contributed by atoms with van der Waals surface area (Å²) in [5, 5.41) is 0.818. The lowest BCUT2D eigenvalue weighted by atomic mass is 9.81. The first-order chi connectivity index (χ1) is 17.2. The van der Waals surface area contributed by atoms with Crippen molar-refractivity contribution in [3.05, 3.63) is 39.5 Å². The minimum Gasteiger partial charge on any atom is -0.468 e. The molecule has 0 atom stereocenters. The Morgan fingerprint density at radius 2 is 2.03 bits per heavy atom. The maximum absolute atomic E-state index is 12.5. The van der Waals surface area contributed by atoms with Crippen LogP contribution in [-0.2, 0) is 16.0 Å². The highest BCUT2D eigenvalue weighted by molar-refractivity contribution is 7.11. The molecule has 0 saturated heterocycles. The third-order valence-electron chi connectivity index (χ3n) is 7.07. The van der Waals surface area contributed by atoms with Gasteiger partial charge in [0.25, 0.3) is 5.91 Å². The molecule has 10 heteroatoms. The van der Waals surface area contributed by atoms with Crippen molar-refractivity contribution in [1.29, 1.82) is 0 Å². The topological polar surface area (TPSA) is 67.2 Å². The maximum atomic E-state index is 12.5. The Hall–Kier alpha value is -2.33. The van der Waals surface area contributed by atoms with Crippen molar-refractivity contribution in [3.63, 3.8) is 0 Å². The molecule has 6 nitrogen and oxygen atoms in total. The summed E-state index contributed by atoms with van der Waals surface area (Å²) in [6.07, 6.45) is 6.47. The lowest BCUT2D eigenvalue weighted by molar-refractivity contribution is -0.156. The Morgan fingerprint density at radius 1 is 1.28 bits per heavy atom. The van der Waals surface area contributed by atoms with Crippen LogP contribution >= 0.6 is 11.3 Å². The van der Waals surface area contributed by atoms with Crippen molar-refractivity contribution in [2.24, 2.45) is 21.8 Å². The van der Waals surface area contributed by atoms with Gasteiger partial charge < -0.3 is 9.64 Å². The van der Waals surface area contributed by atoms with Crippen LogP contribution in [0.5, 0.6) is 0 Å². The second-order valence-corrected chi connectivity index (χ2v) is 11.2. The number of halogens is 3. The number of hydrogen-bond acceptors (Lipinski definition) is 6. The highest BCUT2D eigenvalue weighted by atomic mass is 32.1. The third kappa shape index (κ3) is 7.59. The van der Waals surface area contributed by atoms with Gasteiger partial charge in [-0.05, 0) is 69.4 Å². The Morgan fingerprint density at radius 3 is 2.72 bits per heavy atom. The number of hydrogen-bond donors (Lipinski definition) is 0. The predicted octanol–water partition coefficient (Wildman–Crippen LogP) is 5.69. The monoisotopic (exact) mass is 522 g/mol. The van der Waals surface area contributed by atoms with Gasteiger partial charge in [-0.15, -0.1) is 11.3 Å². The average molecular weight is 523 g/mol. The fraction of sp³-hybridized carbons (Fsp3) is 0.615. The van der Waals surface area contributed by atoms with E-state index in [1.807, 2.05) is 13.1 Å². The van der Waals surface area contributed by atoms with E-state index >= 15 is 0 Å². The smallest absolute Gasteiger partial charge is 0.422 e. The van der Waals surface area contributed by atoms with Crippen molar-refractivity contribution >= 4 is 29.4 Å². The van der Waals surface area contributed by atoms with Gasteiger partial charge in [0, 0.05) is 48.1 Å². The van der Waals surface area contributed by atoms with Crippen LogP contribution in [0.1, 0.15) is 54.8 Å². The maximum Gasteiger partial charge on any atom is 0.422 e. The third-order valence-corrected chi connectivity index (χ3v) is 7.98. The van der Waals surface area contributed by atoms with Crippen LogP contribution in [-0.4, -0.2) is 60.3 Å². The van der Waals surface area contributed by atoms with Crippen LogP contribution in [0.15, 0.2) is 39.6 Å². The van der Waals surface area contributed by atoms with Crippen LogP contribution in [0.3, 0.4) is 0 Å². The molecule has 0 bridgehead atoms. The molecule has 2 aliphatic heterocycles. The van der Waals surface area contributed by atoms with Gasteiger partial charge in [-0.3, -0.25) is 4.79 Å². The Kier molecular flexibility index (Phi) is 8.77. The zero-order valence-electron chi connectivity index (χ0n) is 20.6. The van der Waals surface area contributed by atoms with Crippen LogP contribution in [0.25, 0.3) is 0 Å². The summed E-state index contributed by atoms with van der Waals surface area (Å²) in [6, 6.07) is 0. The minimum atomic E-state index is -4.38. The normalized spacial score (nSPS) is 23.7. The summed E-state index contributed by atoms with van der Waals surface area (Å²) in [7, 11) is 0. The molecule has 1 saturated carbocycles.